The summed E-state index contributed by atoms with van der Waals surface area (Å²) in [6, 6.07) is 11.3. The highest BCUT2D eigenvalue weighted by Crippen LogP contribution is 2.37. The number of nitrogens with zero attached hydrogens (tertiary/aromatic N) is 1. The summed E-state index contributed by atoms with van der Waals surface area (Å²) in [5.74, 6) is -1.94. The maximum absolute atomic E-state index is 13.3. The van der Waals surface area contributed by atoms with Crippen LogP contribution in [0, 0.1) is 6.92 Å². The van der Waals surface area contributed by atoms with Crippen molar-refractivity contribution in [1.29, 1.82) is 0 Å². The van der Waals surface area contributed by atoms with Gasteiger partial charge in [0.25, 0.3) is 5.91 Å². The molecule has 0 aliphatic heterocycles. The monoisotopic (exact) mass is 413 g/mol. The van der Waals surface area contributed by atoms with Gasteiger partial charge in [-0.05, 0) is 55.3 Å². The van der Waals surface area contributed by atoms with Crippen molar-refractivity contribution < 1.29 is 19.8 Å². The number of benzene rings is 2. The van der Waals surface area contributed by atoms with Gasteiger partial charge in [0.2, 0.25) is 0 Å². The number of fused-ring (bicyclic) bond motifs is 1. The van der Waals surface area contributed by atoms with Gasteiger partial charge in [-0.3, -0.25) is 14.2 Å². The Balaban J connectivity index is 2.21. The van der Waals surface area contributed by atoms with E-state index < -0.39 is 11.9 Å². The Labute approximate surface area is 174 Å². The molecule has 3 rings (SSSR count). The number of aliphatic carboxylic acids is 1. The number of carboxylic acids is 1. The van der Waals surface area contributed by atoms with E-state index in [9.17, 15) is 19.8 Å². The van der Waals surface area contributed by atoms with Crippen LogP contribution in [0.15, 0.2) is 42.5 Å². The lowest BCUT2D eigenvalue weighted by molar-refractivity contribution is -0.139. The molecule has 0 spiro atoms. The number of hydrogen-bond donors (Lipinski definition) is 2. The number of carbonyl (C=O) groups excluding carboxylic acids is 1. The first-order chi connectivity index (χ1) is 13.8. The molecule has 0 amide bonds. The Bertz CT molecular complexity index is 1070. The first-order valence-corrected chi connectivity index (χ1v) is 10.1. The predicted molar refractivity (Wildman–Crippen MR) is 114 cm³/mol. The number of rotatable bonds is 7. The van der Waals surface area contributed by atoms with E-state index in [0.717, 1.165) is 19.3 Å². The molecule has 2 N–H and O–H groups in total. The predicted octanol–water partition coefficient (Wildman–Crippen LogP) is 5.75. The van der Waals surface area contributed by atoms with E-state index >= 15 is 0 Å². The Hall–Kier alpha value is -2.79. The van der Waals surface area contributed by atoms with Gasteiger partial charge in [-0.25, -0.2) is 0 Å². The lowest BCUT2D eigenvalue weighted by Gasteiger charge is -2.14. The van der Waals surface area contributed by atoms with E-state index in [0.29, 0.717) is 39.2 Å². The fourth-order valence-electron chi connectivity index (χ4n) is 3.87. The number of halogens is 1. The van der Waals surface area contributed by atoms with Crippen molar-refractivity contribution in [2.24, 2.45) is 0 Å². The van der Waals surface area contributed by atoms with Gasteiger partial charge >= 0.3 is 5.97 Å². The zero-order valence-corrected chi connectivity index (χ0v) is 17.2. The average molecular weight is 414 g/mol. The van der Waals surface area contributed by atoms with Gasteiger partial charge in [0, 0.05) is 21.7 Å². The van der Waals surface area contributed by atoms with Gasteiger partial charge in [-0.2, -0.15) is 0 Å². The molecular weight excluding hydrogens is 390 g/mol. The molecule has 2 aromatic carbocycles. The first kappa shape index (κ1) is 20.9. The summed E-state index contributed by atoms with van der Waals surface area (Å²) < 4.78 is 1.52. The highest BCUT2D eigenvalue weighted by molar-refractivity contribution is 6.31. The summed E-state index contributed by atoms with van der Waals surface area (Å²) in [6.45, 7) is 3.82. The summed E-state index contributed by atoms with van der Waals surface area (Å²) in [5, 5.41) is 21.0. The SMILES string of the molecule is CCCCC[C@H](C(=O)O)c1c(C)n(C(=O)c2cccc(Cl)c2)c2ccc(O)cc12. The van der Waals surface area contributed by atoms with E-state index in [2.05, 4.69) is 6.92 Å². The molecular formula is C23H24ClNO4. The zero-order valence-electron chi connectivity index (χ0n) is 16.5. The van der Waals surface area contributed by atoms with Crippen molar-refractivity contribution in [2.75, 3.05) is 0 Å². The largest absolute Gasteiger partial charge is 0.508 e. The Morgan fingerprint density at radius 2 is 1.90 bits per heavy atom. The molecule has 1 aromatic heterocycles. The molecule has 0 aliphatic rings. The molecule has 0 aliphatic carbocycles. The smallest absolute Gasteiger partial charge is 0.311 e. The zero-order chi connectivity index (χ0) is 21.1. The third kappa shape index (κ3) is 4.15. The molecule has 1 heterocycles. The molecule has 29 heavy (non-hydrogen) atoms. The first-order valence-electron chi connectivity index (χ1n) is 9.72. The van der Waals surface area contributed by atoms with Crippen molar-refractivity contribution in [1.82, 2.24) is 4.57 Å². The molecule has 6 heteroatoms. The van der Waals surface area contributed by atoms with Crippen LogP contribution in [0.25, 0.3) is 10.9 Å². The van der Waals surface area contributed by atoms with Crippen LogP contribution in [0.4, 0.5) is 0 Å². The molecule has 152 valence electrons. The molecule has 0 saturated heterocycles. The minimum Gasteiger partial charge on any atom is -0.508 e. The minimum atomic E-state index is -0.929. The maximum atomic E-state index is 13.3. The van der Waals surface area contributed by atoms with Crippen LogP contribution in [0.2, 0.25) is 5.02 Å². The number of carbonyl (C=O) groups is 2. The molecule has 0 radical (unpaired) electrons. The van der Waals surface area contributed by atoms with E-state index in [1.807, 2.05) is 0 Å². The summed E-state index contributed by atoms with van der Waals surface area (Å²) in [6.07, 6.45) is 3.18. The molecule has 3 aromatic rings. The van der Waals surface area contributed by atoms with E-state index in [1.165, 1.54) is 16.7 Å². The van der Waals surface area contributed by atoms with Crippen LogP contribution >= 0.6 is 11.6 Å². The Morgan fingerprint density at radius 3 is 2.55 bits per heavy atom. The number of hydrogen-bond acceptors (Lipinski definition) is 3. The van der Waals surface area contributed by atoms with Crippen molar-refractivity contribution >= 4 is 34.4 Å². The quantitative estimate of drug-likeness (QED) is 0.483. The van der Waals surface area contributed by atoms with Gasteiger partial charge in [-0.1, -0.05) is 43.9 Å². The normalized spacial score (nSPS) is 12.2. The number of phenols is 1. The van der Waals surface area contributed by atoms with Gasteiger partial charge in [0.05, 0.1) is 11.4 Å². The molecule has 0 fully saturated rings. The van der Waals surface area contributed by atoms with E-state index in [1.54, 1.807) is 37.3 Å². The second kappa shape index (κ2) is 8.70. The summed E-state index contributed by atoms with van der Waals surface area (Å²) in [5.41, 5.74) is 2.13. The van der Waals surface area contributed by atoms with Crippen LogP contribution < -0.4 is 0 Å². The second-order valence-electron chi connectivity index (χ2n) is 7.24. The Kier molecular flexibility index (Phi) is 6.28. The summed E-state index contributed by atoms with van der Waals surface area (Å²) >= 11 is 6.05. The van der Waals surface area contributed by atoms with Crippen LogP contribution in [-0.4, -0.2) is 26.7 Å². The fraction of sp³-hybridized carbons (Fsp3) is 0.304. The van der Waals surface area contributed by atoms with Crippen LogP contribution in [0.1, 0.15) is 60.1 Å². The van der Waals surface area contributed by atoms with Crippen molar-refractivity contribution in [3.8, 4) is 5.75 Å². The van der Waals surface area contributed by atoms with E-state index in [-0.39, 0.29) is 11.7 Å². The number of aromatic hydroxyl groups is 1. The number of phenolic OH excluding ortho intramolecular Hbond substituents is 1. The minimum absolute atomic E-state index is 0.0313. The second-order valence-corrected chi connectivity index (χ2v) is 7.67. The highest BCUT2D eigenvalue weighted by atomic mass is 35.5. The third-order valence-corrected chi connectivity index (χ3v) is 5.49. The fourth-order valence-corrected chi connectivity index (χ4v) is 4.06. The maximum Gasteiger partial charge on any atom is 0.311 e. The molecule has 0 saturated carbocycles. The molecule has 5 nitrogen and oxygen atoms in total. The number of aromatic nitrogens is 1. The Morgan fingerprint density at radius 1 is 1.14 bits per heavy atom. The summed E-state index contributed by atoms with van der Waals surface area (Å²) in [4.78, 5) is 25.4. The molecule has 0 unspecified atom stereocenters. The van der Waals surface area contributed by atoms with Gasteiger partial charge in [0.1, 0.15) is 5.75 Å². The topological polar surface area (TPSA) is 79.5 Å². The van der Waals surface area contributed by atoms with Crippen LogP contribution in [0.5, 0.6) is 5.75 Å². The van der Waals surface area contributed by atoms with E-state index in [4.69, 9.17) is 11.6 Å². The lowest BCUT2D eigenvalue weighted by atomic mass is 9.91. The van der Waals surface area contributed by atoms with Crippen molar-refractivity contribution in [2.45, 2.75) is 45.4 Å². The van der Waals surface area contributed by atoms with Gasteiger partial charge < -0.3 is 10.2 Å². The lowest BCUT2D eigenvalue weighted by Crippen LogP contribution is -2.16. The van der Waals surface area contributed by atoms with Crippen molar-refractivity contribution in [3.63, 3.8) is 0 Å². The number of carboxylic acid groups (broad SMARTS) is 1. The van der Waals surface area contributed by atoms with Crippen LogP contribution in [-0.2, 0) is 4.79 Å². The molecule has 0 bridgehead atoms. The van der Waals surface area contributed by atoms with Crippen LogP contribution in [0.3, 0.4) is 0 Å². The molecule has 1 atom stereocenters. The highest BCUT2D eigenvalue weighted by Gasteiger charge is 2.29. The van der Waals surface area contributed by atoms with Gasteiger partial charge in [0.15, 0.2) is 0 Å². The third-order valence-electron chi connectivity index (χ3n) is 5.25. The number of unbranched alkanes of at least 4 members (excludes halogenated alkanes) is 2. The van der Waals surface area contributed by atoms with Crippen molar-refractivity contribution in [3.05, 3.63) is 64.3 Å². The van der Waals surface area contributed by atoms with Gasteiger partial charge in [-0.15, -0.1) is 0 Å². The average Bonchev–Trinajstić information content (AvgIpc) is 2.95. The summed E-state index contributed by atoms with van der Waals surface area (Å²) in [7, 11) is 0. The standard InChI is InChI=1S/C23H24ClNO4/c1-3-4-5-9-18(23(28)29)21-14(2)25(20-11-10-17(26)13-19(20)21)22(27)15-7-6-8-16(24)12-15/h6-8,10-13,18,26H,3-5,9H2,1-2H3,(H,28,29)/t18-/m0/s1.